The number of imidazole rings is 1. The van der Waals surface area contributed by atoms with E-state index in [4.69, 9.17) is 4.74 Å². The van der Waals surface area contributed by atoms with E-state index in [-0.39, 0.29) is 12.2 Å². The number of ether oxygens (including phenoxy) is 1. The number of aromatic nitrogens is 2. The lowest BCUT2D eigenvalue weighted by Crippen LogP contribution is -2.42. The van der Waals surface area contributed by atoms with Crippen LogP contribution < -0.4 is 0 Å². The van der Waals surface area contributed by atoms with Gasteiger partial charge in [0, 0.05) is 6.42 Å². The number of cyclic esters (lactones) is 1. The van der Waals surface area contributed by atoms with Gasteiger partial charge in [-0.1, -0.05) is 54.6 Å². The van der Waals surface area contributed by atoms with Gasteiger partial charge in [-0.15, -0.1) is 0 Å². The number of hydrogen-bond acceptors (Lipinski definition) is 4. The van der Waals surface area contributed by atoms with Crippen molar-refractivity contribution in [1.82, 2.24) is 14.9 Å². The predicted octanol–water partition coefficient (Wildman–Crippen LogP) is 4.88. The van der Waals surface area contributed by atoms with Crippen LogP contribution in [-0.4, -0.2) is 26.9 Å². The number of nitrogens with zero attached hydrogens (tertiary/aromatic N) is 2. The highest BCUT2D eigenvalue weighted by atomic mass is 19.1. The second kappa shape index (κ2) is 7.60. The average molecular weight is 429 g/mol. The van der Waals surface area contributed by atoms with Crippen LogP contribution in [0.25, 0.3) is 11.0 Å². The Balaban J connectivity index is 1.60. The van der Waals surface area contributed by atoms with E-state index < -0.39 is 29.5 Å². The fourth-order valence-electron chi connectivity index (χ4n) is 4.12. The Morgan fingerprint density at radius 1 is 1.00 bits per heavy atom. The summed E-state index contributed by atoms with van der Waals surface area (Å²) >= 11 is 0. The molecule has 6 nitrogen and oxygen atoms in total. The summed E-state index contributed by atoms with van der Waals surface area (Å²) in [6.07, 6.45) is -0.631. The van der Waals surface area contributed by atoms with Gasteiger partial charge in [0.05, 0.1) is 17.1 Å². The molecule has 3 aromatic carbocycles. The minimum absolute atomic E-state index is 0.130. The Bertz CT molecular complexity index is 1270. The molecule has 4 aromatic rings. The molecule has 1 N–H and O–H groups in total. The second-order valence-electron chi connectivity index (χ2n) is 7.86. The van der Waals surface area contributed by atoms with Crippen molar-refractivity contribution < 1.29 is 18.7 Å². The Morgan fingerprint density at radius 2 is 1.69 bits per heavy atom. The summed E-state index contributed by atoms with van der Waals surface area (Å²) in [4.78, 5) is 35.7. The average Bonchev–Trinajstić information content (AvgIpc) is 3.34. The van der Waals surface area contributed by atoms with E-state index in [2.05, 4.69) is 9.97 Å². The number of fused-ring (bicyclic) bond motifs is 1. The third kappa shape index (κ3) is 3.22. The highest BCUT2D eigenvalue weighted by Crippen LogP contribution is 2.40. The van der Waals surface area contributed by atoms with Gasteiger partial charge in [0.15, 0.2) is 5.82 Å². The monoisotopic (exact) mass is 429 g/mol. The lowest BCUT2D eigenvalue weighted by Gasteiger charge is -2.25. The minimum atomic E-state index is -1.63. The van der Waals surface area contributed by atoms with Gasteiger partial charge in [0.25, 0.3) is 11.5 Å². The van der Waals surface area contributed by atoms with Gasteiger partial charge in [-0.05, 0) is 42.3 Å². The number of para-hydroxylation sites is 2. The molecule has 0 radical (unpaired) electrons. The molecule has 0 bridgehead atoms. The van der Waals surface area contributed by atoms with Crippen molar-refractivity contribution in [2.45, 2.75) is 25.0 Å². The van der Waals surface area contributed by atoms with Crippen LogP contribution in [0, 0.1) is 5.82 Å². The van der Waals surface area contributed by atoms with Gasteiger partial charge >= 0.3 is 6.09 Å². The van der Waals surface area contributed by atoms with E-state index >= 15 is 0 Å². The van der Waals surface area contributed by atoms with Gasteiger partial charge in [-0.2, -0.15) is 0 Å². The molecule has 1 aliphatic heterocycles. The number of hydrogen-bond donors (Lipinski definition) is 1. The summed E-state index contributed by atoms with van der Waals surface area (Å²) < 4.78 is 19.2. The third-order valence-electron chi connectivity index (χ3n) is 5.83. The lowest BCUT2D eigenvalue weighted by molar-refractivity contribution is -0.139. The molecule has 1 fully saturated rings. The van der Waals surface area contributed by atoms with Crippen LogP contribution in [-0.2, 0) is 21.6 Å². The molecular formula is C25H20FN3O3. The maximum atomic E-state index is 13.8. The molecule has 32 heavy (non-hydrogen) atoms. The lowest BCUT2D eigenvalue weighted by atomic mass is 9.92. The van der Waals surface area contributed by atoms with Crippen LogP contribution in [0.3, 0.4) is 0 Å². The fourth-order valence-corrected chi connectivity index (χ4v) is 4.12. The summed E-state index contributed by atoms with van der Waals surface area (Å²) in [6.45, 7) is 1.71. The molecule has 1 aromatic heterocycles. The SMILES string of the molecule is C[C@H](c1ccc(F)cc1)N1C(=O)O[C@](Cc2ccccc2)(c2nc3ccccc3[nH]2)C1=O. The van der Waals surface area contributed by atoms with Crippen molar-refractivity contribution in [3.63, 3.8) is 0 Å². The van der Waals surface area contributed by atoms with Gasteiger partial charge in [0.1, 0.15) is 5.82 Å². The van der Waals surface area contributed by atoms with Crippen LogP contribution in [0.15, 0.2) is 78.9 Å². The molecular weight excluding hydrogens is 409 g/mol. The van der Waals surface area contributed by atoms with E-state index in [1.54, 1.807) is 19.1 Å². The largest absolute Gasteiger partial charge is 0.424 e. The summed E-state index contributed by atoms with van der Waals surface area (Å²) in [5.41, 5.74) is 1.22. The molecule has 2 heterocycles. The van der Waals surface area contributed by atoms with E-state index in [1.165, 1.54) is 12.1 Å². The molecule has 5 rings (SSSR count). The van der Waals surface area contributed by atoms with Gasteiger partial charge in [0.2, 0.25) is 0 Å². The van der Waals surface area contributed by atoms with Crippen molar-refractivity contribution in [1.29, 1.82) is 0 Å². The van der Waals surface area contributed by atoms with Crippen LogP contribution in [0.5, 0.6) is 0 Å². The predicted molar refractivity (Wildman–Crippen MR) is 116 cm³/mol. The highest BCUT2D eigenvalue weighted by Gasteiger charge is 2.58. The first-order valence-electron chi connectivity index (χ1n) is 10.3. The van der Waals surface area contributed by atoms with Crippen LogP contribution in [0.2, 0.25) is 0 Å². The van der Waals surface area contributed by atoms with Gasteiger partial charge in [-0.25, -0.2) is 19.1 Å². The van der Waals surface area contributed by atoms with Gasteiger partial charge in [-0.3, -0.25) is 4.79 Å². The first-order valence-corrected chi connectivity index (χ1v) is 10.3. The topological polar surface area (TPSA) is 75.3 Å². The molecule has 1 saturated heterocycles. The second-order valence-corrected chi connectivity index (χ2v) is 7.86. The van der Waals surface area contributed by atoms with Crippen molar-refractivity contribution in [2.24, 2.45) is 0 Å². The van der Waals surface area contributed by atoms with Crippen LogP contribution in [0.1, 0.15) is 29.9 Å². The van der Waals surface area contributed by atoms with Crippen molar-refractivity contribution >= 4 is 23.0 Å². The number of amides is 2. The minimum Gasteiger partial charge on any atom is -0.424 e. The summed E-state index contributed by atoms with van der Waals surface area (Å²) in [6, 6.07) is 21.8. The smallest absolute Gasteiger partial charge is 0.418 e. The number of rotatable bonds is 5. The zero-order valence-electron chi connectivity index (χ0n) is 17.3. The third-order valence-corrected chi connectivity index (χ3v) is 5.83. The summed E-state index contributed by atoms with van der Waals surface area (Å²) in [5, 5.41) is 0. The van der Waals surface area contributed by atoms with E-state index in [9.17, 15) is 14.0 Å². The van der Waals surface area contributed by atoms with Crippen molar-refractivity contribution in [3.8, 4) is 0 Å². The van der Waals surface area contributed by atoms with Crippen LogP contribution in [0.4, 0.5) is 9.18 Å². The number of H-pyrrole nitrogens is 1. The Morgan fingerprint density at radius 3 is 2.41 bits per heavy atom. The summed E-state index contributed by atoms with van der Waals surface area (Å²) in [7, 11) is 0. The van der Waals surface area contributed by atoms with E-state index in [0.717, 1.165) is 16.0 Å². The maximum Gasteiger partial charge on any atom is 0.418 e. The molecule has 2 atom stereocenters. The number of carbonyl (C=O) groups is 2. The number of nitrogens with one attached hydrogen (secondary N) is 1. The van der Waals surface area contributed by atoms with Crippen molar-refractivity contribution in [2.75, 3.05) is 0 Å². The molecule has 7 heteroatoms. The number of benzene rings is 3. The zero-order valence-corrected chi connectivity index (χ0v) is 17.3. The number of imide groups is 1. The number of carbonyl (C=O) groups excluding carboxylic acids is 2. The van der Waals surface area contributed by atoms with Crippen LogP contribution >= 0.6 is 0 Å². The quantitative estimate of drug-likeness (QED) is 0.491. The Kier molecular flexibility index (Phi) is 4.74. The maximum absolute atomic E-state index is 13.8. The normalized spacial score (nSPS) is 19.4. The Labute approximate surface area is 183 Å². The standard InChI is InChI=1S/C25H20FN3O3/c1-16(18-11-13-19(26)14-12-18)29-23(30)25(32-24(29)31,15-17-7-3-2-4-8-17)22-27-20-9-5-6-10-21(20)28-22/h2-14,16H,15H2,1H3,(H,27,28)/t16-,25-/m1/s1. The summed E-state index contributed by atoms with van der Waals surface area (Å²) in [5.74, 6) is -0.631. The first-order chi connectivity index (χ1) is 15.5. The van der Waals surface area contributed by atoms with Gasteiger partial charge < -0.3 is 9.72 Å². The highest BCUT2D eigenvalue weighted by molar-refractivity contribution is 6.04. The molecule has 1 aliphatic rings. The van der Waals surface area contributed by atoms with E-state index in [0.29, 0.717) is 11.1 Å². The number of aromatic amines is 1. The first kappa shape index (κ1) is 19.9. The Hall–Kier alpha value is -4.00. The molecule has 0 aliphatic carbocycles. The van der Waals surface area contributed by atoms with E-state index in [1.807, 2.05) is 54.6 Å². The molecule has 0 unspecified atom stereocenters. The fraction of sp³-hybridized carbons (Fsp3) is 0.160. The van der Waals surface area contributed by atoms with Crippen molar-refractivity contribution in [3.05, 3.63) is 102 Å². The molecule has 160 valence electrons. The zero-order chi connectivity index (χ0) is 22.3. The molecule has 0 spiro atoms. The molecule has 0 saturated carbocycles. The number of halogens is 1. The molecule has 2 amide bonds.